The van der Waals surface area contributed by atoms with E-state index in [9.17, 15) is 0 Å². The minimum absolute atomic E-state index is 0.680. The van der Waals surface area contributed by atoms with Crippen molar-refractivity contribution in [1.29, 1.82) is 0 Å². The molecule has 0 radical (unpaired) electrons. The third-order valence-electron chi connectivity index (χ3n) is 4.91. The van der Waals surface area contributed by atoms with Crippen LogP contribution in [0.25, 0.3) is 11.0 Å². The third kappa shape index (κ3) is 5.30. The molecule has 2 N–H and O–H groups in total. The van der Waals surface area contributed by atoms with E-state index < -0.39 is 0 Å². The van der Waals surface area contributed by atoms with E-state index in [0.29, 0.717) is 6.54 Å². The molecule has 0 saturated heterocycles. The van der Waals surface area contributed by atoms with Gasteiger partial charge in [0.2, 0.25) is 0 Å². The van der Waals surface area contributed by atoms with Crippen LogP contribution in [0.5, 0.6) is 0 Å². The fourth-order valence-corrected chi connectivity index (χ4v) is 4.04. The summed E-state index contributed by atoms with van der Waals surface area (Å²) < 4.78 is 7.69. The fourth-order valence-electron chi connectivity index (χ4n) is 3.41. The summed E-state index contributed by atoms with van der Waals surface area (Å²) in [5.41, 5.74) is 2.25. The molecule has 4 aromatic rings. The van der Waals surface area contributed by atoms with Crippen molar-refractivity contribution in [1.82, 2.24) is 20.2 Å². The second kappa shape index (κ2) is 10.1. The van der Waals surface area contributed by atoms with Crippen LogP contribution in [0.15, 0.2) is 69.6 Å². The summed E-state index contributed by atoms with van der Waals surface area (Å²) in [6, 6.07) is 16.4. The number of thiophene rings is 1. The summed E-state index contributed by atoms with van der Waals surface area (Å²) in [6.45, 7) is 5.28. The van der Waals surface area contributed by atoms with Gasteiger partial charge >= 0.3 is 0 Å². The molecule has 7 heteroatoms. The molecule has 0 saturated carbocycles. The van der Waals surface area contributed by atoms with Crippen LogP contribution in [0.1, 0.15) is 22.9 Å². The molecule has 0 aliphatic rings. The number of fused-ring (bicyclic) bond motifs is 1. The van der Waals surface area contributed by atoms with Gasteiger partial charge in [0.1, 0.15) is 11.6 Å². The second-order valence-corrected chi connectivity index (χ2v) is 8.11. The highest BCUT2D eigenvalue weighted by molar-refractivity contribution is 7.09. The summed E-state index contributed by atoms with van der Waals surface area (Å²) in [7, 11) is 0. The Bertz CT molecular complexity index is 1070. The predicted molar refractivity (Wildman–Crippen MR) is 123 cm³/mol. The average molecular weight is 422 g/mol. The van der Waals surface area contributed by atoms with Gasteiger partial charge in [0, 0.05) is 30.9 Å². The van der Waals surface area contributed by atoms with Gasteiger partial charge in [0.25, 0.3) is 0 Å². The zero-order valence-corrected chi connectivity index (χ0v) is 18.0. The van der Waals surface area contributed by atoms with E-state index >= 15 is 0 Å². The van der Waals surface area contributed by atoms with Gasteiger partial charge in [0.05, 0.1) is 23.8 Å². The summed E-state index contributed by atoms with van der Waals surface area (Å²) in [5, 5.41) is 8.97. The zero-order chi connectivity index (χ0) is 20.6. The molecular weight excluding hydrogens is 394 g/mol. The maximum atomic E-state index is 5.41. The number of aliphatic imine (C=N–C) groups is 1. The highest BCUT2D eigenvalue weighted by atomic mass is 32.1. The molecule has 0 spiro atoms. The molecule has 0 unspecified atom stereocenters. The molecule has 30 heavy (non-hydrogen) atoms. The largest absolute Gasteiger partial charge is 0.469 e. The molecule has 4 rings (SSSR count). The first-order chi connectivity index (χ1) is 14.8. The number of aryl methyl sites for hydroxylation is 2. The molecular formula is C23H27N5OS. The van der Waals surface area contributed by atoms with Crippen molar-refractivity contribution in [2.75, 3.05) is 13.1 Å². The van der Waals surface area contributed by atoms with Crippen LogP contribution >= 0.6 is 11.3 Å². The molecule has 156 valence electrons. The number of furan rings is 1. The molecule has 0 aliphatic heterocycles. The number of hydrogen-bond acceptors (Lipinski definition) is 4. The number of imidazole rings is 1. The zero-order valence-electron chi connectivity index (χ0n) is 17.2. The van der Waals surface area contributed by atoms with Crippen molar-refractivity contribution in [3.05, 3.63) is 76.6 Å². The van der Waals surface area contributed by atoms with Gasteiger partial charge in [-0.25, -0.2) is 9.98 Å². The first-order valence-corrected chi connectivity index (χ1v) is 11.2. The Morgan fingerprint density at radius 2 is 2.00 bits per heavy atom. The molecule has 3 heterocycles. The van der Waals surface area contributed by atoms with Crippen molar-refractivity contribution in [2.45, 2.75) is 32.9 Å². The lowest BCUT2D eigenvalue weighted by molar-refractivity contribution is 0.506. The van der Waals surface area contributed by atoms with Crippen LogP contribution in [0, 0.1) is 6.92 Å². The van der Waals surface area contributed by atoms with Crippen molar-refractivity contribution in [3.63, 3.8) is 0 Å². The molecule has 1 aromatic carbocycles. The normalized spacial score (nSPS) is 11.8. The molecule has 0 amide bonds. The average Bonchev–Trinajstić information content (AvgIpc) is 3.51. The number of rotatable bonds is 9. The SMILES string of the molecule is Cc1nc2ccccc2n1CCCNC(=NCc1cccs1)NCCc1ccco1. The van der Waals surface area contributed by atoms with Gasteiger partial charge in [-0.2, -0.15) is 0 Å². The van der Waals surface area contributed by atoms with Gasteiger partial charge in [-0.1, -0.05) is 18.2 Å². The Labute approximate surface area is 180 Å². The minimum Gasteiger partial charge on any atom is -0.469 e. The van der Waals surface area contributed by atoms with E-state index in [1.807, 2.05) is 18.2 Å². The Kier molecular flexibility index (Phi) is 6.82. The standard InChI is InChI=1S/C23H27N5OS/c1-18-27-21-9-2-3-10-22(21)28(18)14-6-12-24-23(26-17-20-8-5-16-30-20)25-13-11-19-7-4-15-29-19/h2-5,7-10,15-16H,6,11-14,17H2,1H3,(H2,24,25,26). The fraction of sp³-hybridized carbons (Fsp3) is 0.304. The predicted octanol–water partition coefficient (Wildman–Crippen LogP) is 4.37. The number of aromatic nitrogens is 2. The van der Waals surface area contributed by atoms with Crippen LogP contribution in [-0.4, -0.2) is 28.6 Å². The number of benzene rings is 1. The summed E-state index contributed by atoms with van der Waals surface area (Å²) in [6.07, 6.45) is 3.52. The number of guanidine groups is 1. The maximum absolute atomic E-state index is 5.41. The maximum Gasteiger partial charge on any atom is 0.191 e. The highest BCUT2D eigenvalue weighted by Gasteiger charge is 2.06. The van der Waals surface area contributed by atoms with Gasteiger partial charge in [-0.3, -0.25) is 0 Å². The first-order valence-electron chi connectivity index (χ1n) is 10.3. The molecule has 3 aromatic heterocycles. The van der Waals surface area contributed by atoms with Crippen LogP contribution in [0.3, 0.4) is 0 Å². The molecule has 0 aliphatic carbocycles. The second-order valence-electron chi connectivity index (χ2n) is 7.08. The topological polar surface area (TPSA) is 67.4 Å². The van der Waals surface area contributed by atoms with Gasteiger partial charge < -0.3 is 19.6 Å². The minimum atomic E-state index is 0.680. The Balaban J connectivity index is 1.31. The van der Waals surface area contributed by atoms with E-state index in [1.165, 1.54) is 10.4 Å². The number of nitrogens with one attached hydrogen (secondary N) is 2. The first kappa shape index (κ1) is 20.2. The Hall–Kier alpha value is -3.06. The van der Waals surface area contributed by atoms with Gasteiger partial charge in [-0.05, 0) is 49.1 Å². The van der Waals surface area contributed by atoms with Crippen molar-refractivity contribution in [2.24, 2.45) is 4.99 Å². The van der Waals surface area contributed by atoms with Gasteiger partial charge in [0.15, 0.2) is 5.96 Å². The van der Waals surface area contributed by atoms with Crippen molar-refractivity contribution >= 4 is 28.3 Å². The molecule has 6 nitrogen and oxygen atoms in total. The Morgan fingerprint density at radius 1 is 1.10 bits per heavy atom. The smallest absolute Gasteiger partial charge is 0.191 e. The van der Waals surface area contributed by atoms with Crippen LogP contribution in [0.2, 0.25) is 0 Å². The highest BCUT2D eigenvalue weighted by Crippen LogP contribution is 2.15. The summed E-state index contributed by atoms with van der Waals surface area (Å²) in [5.74, 6) is 2.86. The number of hydrogen-bond donors (Lipinski definition) is 2. The lowest BCUT2D eigenvalue weighted by atomic mass is 10.3. The number of para-hydroxylation sites is 2. The molecule has 0 atom stereocenters. The van der Waals surface area contributed by atoms with Crippen LogP contribution in [-0.2, 0) is 19.5 Å². The number of nitrogens with zero attached hydrogens (tertiary/aromatic N) is 3. The quantitative estimate of drug-likeness (QED) is 0.239. The van der Waals surface area contributed by atoms with E-state index in [1.54, 1.807) is 17.6 Å². The Morgan fingerprint density at radius 3 is 2.83 bits per heavy atom. The van der Waals surface area contributed by atoms with E-state index in [0.717, 1.165) is 55.5 Å². The third-order valence-corrected chi connectivity index (χ3v) is 5.77. The lowest BCUT2D eigenvalue weighted by Gasteiger charge is -2.13. The monoisotopic (exact) mass is 421 g/mol. The van der Waals surface area contributed by atoms with E-state index in [-0.39, 0.29) is 0 Å². The van der Waals surface area contributed by atoms with E-state index in [2.05, 4.69) is 62.8 Å². The van der Waals surface area contributed by atoms with Crippen molar-refractivity contribution in [3.8, 4) is 0 Å². The lowest BCUT2D eigenvalue weighted by Crippen LogP contribution is -2.39. The summed E-state index contributed by atoms with van der Waals surface area (Å²) in [4.78, 5) is 10.6. The van der Waals surface area contributed by atoms with Gasteiger partial charge in [-0.15, -0.1) is 11.3 Å². The summed E-state index contributed by atoms with van der Waals surface area (Å²) >= 11 is 1.73. The van der Waals surface area contributed by atoms with Crippen LogP contribution < -0.4 is 10.6 Å². The van der Waals surface area contributed by atoms with E-state index in [4.69, 9.17) is 9.41 Å². The molecule has 0 bridgehead atoms. The molecule has 0 fully saturated rings. The van der Waals surface area contributed by atoms with Crippen LogP contribution in [0.4, 0.5) is 0 Å². The van der Waals surface area contributed by atoms with Crippen molar-refractivity contribution < 1.29 is 4.42 Å².